The van der Waals surface area contributed by atoms with Gasteiger partial charge in [-0.3, -0.25) is 9.10 Å². The summed E-state index contributed by atoms with van der Waals surface area (Å²) in [5.41, 5.74) is 5.54. The summed E-state index contributed by atoms with van der Waals surface area (Å²) in [5.74, 6) is -0.409. The molecule has 9 heteroatoms. The second-order valence-electron chi connectivity index (χ2n) is 7.09. The summed E-state index contributed by atoms with van der Waals surface area (Å²) in [5, 5.41) is 5.31. The van der Waals surface area contributed by atoms with Gasteiger partial charge < -0.3 is 0 Å². The second-order valence-corrected chi connectivity index (χ2v) is 9.87. The van der Waals surface area contributed by atoms with Crippen molar-refractivity contribution in [3.8, 4) is 0 Å². The molecule has 0 fully saturated rings. The van der Waals surface area contributed by atoms with E-state index >= 15 is 0 Å². The van der Waals surface area contributed by atoms with Gasteiger partial charge in [0.05, 0.1) is 24.2 Å². The number of carbonyl (C=O) groups excluding carboxylic acids is 1. The second kappa shape index (κ2) is 10.2. The van der Waals surface area contributed by atoms with Crippen molar-refractivity contribution in [3.63, 3.8) is 0 Å². The zero-order valence-corrected chi connectivity index (χ0v) is 19.7. The van der Waals surface area contributed by atoms with E-state index in [4.69, 9.17) is 23.2 Å². The lowest BCUT2D eigenvalue weighted by atomic mass is 10.1. The maximum Gasteiger partial charge on any atom is 0.271 e. The minimum Gasteiger partial charge on any atom is -0.267 e. The zero-order chi connectivity index (χ0) is 23.3. The molecule has 0 radical (unpaired) electrons. The molecule has 0 unspecified atom stereocenters. The van der Waals surface area contributed by atoms with Gasteiger partial charge in [0, 0.05) is 15.6 Å². The molecule has 32 heavy (non-hydrogen) atoms. The van der Waals surface area contributed by atoms with Gasteiger partial charge in [-0.25, -0.2) is 13.8 Å². The van der Waals surface area contributed by atoms with Gasteiger partial charge in [-0.05, 0) is 66.6 Å². The molecule has 0 aliphatic carbocycles. The van der Waals surface area contributed by atoms with Gasteiger partial charge in [0.25, 0.3) is 5.91 Å². The predicted octanol–water partition coefficient (Wildman–Crippen LogP) is 5.11. The molecule has 0 atom stereocenters. The molecule has 166 valence electrons. The lowest BCUT2D eigenvalue weighted by Gasteiger charge is -2.22. The van der Waals surface area contributed by atoms with Crippen LogP contribution < -0.4 is 9.73 Å². The highest BCUT2D eigenvalue weighted by atomic mass is 35.5. The first-order valence-electron chi connectivity index (χ1n) is 9.56. The largest absolute Gasteiger partial charge is 0.271 e. The molecule has 0 spiro atoms. The van der Waals surface area contributed by atoms with Crippen LogP contribution in [0.5, 0.6) is 0 Å². The van der Waals surface area contributed by atoms with Gasteiger partial charge in [0.15, 0.2) is 0 Å². The average molecular weight is 490 g/mol. The fourth-order valence-corrected chi connectivity index (χ4v) is 4.03. The van der Waals surface area contributed by atoms with E-state index < -0.39 is 15.9 Å². The third-order valence-electron chi connectivity index (χ3n) is 4.64. The molecule has 0 bridgehead atoms. The zero-order valence-electron chi connectivity index (χ0n) is 17.4. The van der Waals surface area contributed by atoms with Crippen LogP contribution in [0.25, 0.3) is 0 Å². The number of sulfonamides is 1. The van der Waals surface area contributed by atoms with Crippen molar-refractivity contribution in [3.05, 3.63) is 99.5 Å². The van der Waals surface area contributed by atoms with E-state index in [1.54, 1.807) is 67.6 Å². The maximum atomic E-state index is 12.5. The Morgan fingerprint density at radius 2 is 1.38 bits per heavy atom. The van der Waals surface area contributed by atoms with E-state index in [0.29, 0.717) is 27.0 Å². The van der Waals surface area contributed by atoms with Gasteiger partial charge >= 0.3 is 0 Å². The summed E-state index contributed by atoms with van der Waals surface area (Å²) in [4.78, 5) is 12.5. The number of nitrogens with zero attached hydrogens (tertiary/aromatic N) is 2. The highest BCUT2D eigenvalue weighted by Gasteiger charge is 2.18. The number of benzene rings is 3. The van der Waals surface area contributed by atoms with Crippen molar-refractivity contribution in [1.29, 1.82) is 0 Å². The normalized spacial score (nSPS) is 11.8. The standard InChI is InChI=1S/C23H21Cl2N3O3S/c1-16(18-5-11-21(25)12-6-18)26-27-23(29)19-7-13-22(14-8-19)28(32(2,30)31)15-17-3-9-20(24)10-4-17/h3-14H,15H2,1-2H3,(H,27,29)/b26-16-. The summed E-state index contributed by atoms with van der Waals surface area (Å²) < 4.78 is 26.0. The Balaban J connectivity index is 1.74. The molecular formula is C23H21Cl2N3O3S. The Hall–Kier alpha value is -2.87. The molecule has 1 N–H and O–H groups in total. The minimum absolute atomic E-state index is 0.145. The van der Waals surface area contributed by atoms with Crippen LogP contribution in [0.3, 0.4) is 0 Å². The summed E-state index contributed by atoms with van der Waals surface area (Å²) in [6.45, 7) is 1.92. The molecule has 0 aromatic heterocycles. The number of nitrogens with one attached hydrogen (secondary N) is 1. The molecule has 6 nitrogen and oxygen atoms in total. The van der Waals surface area contributed by atoms with Crippen molar-refractivity contribution in [2.75, 3.05) is 10.6 Å². The van der Waals surface area contributed by atoms with Gasteiger partial charge in [-0.15, -0.1) is 0 Å². The Morgan fingerprint density at radius 1 is 0.875 bits per heavy atom. The van der Waals surface area contributed by atoms with Crippen LogP contribution in [0.15, 0.2) is 77.9 Å². The maximum absolute atomic E-state index is 12.5. The molecule has 0 heterocycles. The summed E-state index contributed by atoms with van der Waals surface area (Å²) in [6.07, 6.45) is 1.14. The van der Waals surface area contributed by atoms with Crippen molar-refractivity contribution in [2.45, 2.75) is 13.5 Å². The van der Waals surface area contributed by atoms with Crippen molar-refractivity contribution >= 4 is 50.5 Å². The van der Waals surface area contributed by atoms with Crippen LogP contribution in [-0.4, -0.2) is 26.3 Å². The van der Waals surface area contributed by atoms with Crippen molar-refractivity contribution in [1.82, 2.24) is 5.43 Å². The molecule has 1 amide bonds. The molecule has 0 aliphatic rings. The third kappa shape index (κ3) is 6.32. The molecule has 0 saturated carbocycles. The van der Waals surface area contributed by atoms with Crippen LogP contribution in [0, 0.1) is 0 Å². The SMILES string of the molecule is C/C(=N/NC(=O)c1ccc(N(Cc2ccc(Cl)cc2)S(C)(=O)=O)cc1)c1ccc(Cl)cc1. The smallest absolute Gasteiger partial charge is 0.267 e. The predicted molar refractivity (Wildman–Crippen MR) is 130 cm³/mol. The number of rotatable bonds is 7. The van der Waals surface area contributed by atoms with Crippen LogP contribution in [0.2, 0.25) is 10.0 Å². The van der Waals surface area contributed by atoms with E-state index in [2.05, 4.69) is 10.5 Å². The fraction of sp³-hybridized carbons (Fsp3) is 0.130. The highest BCUT2D eigenvalue weighted by Crippen LogP contribution is 2.22. The van der Waals surface area contributed by atoms with E-state index in [0.717, 1.165) is 17.4 Å². The number of hydrogen-bond donors (Lipinski definition) is 1. The summed E-state index contributed by atoms with van der Waals surface area (Å²) >= 11 is 11.8. The van der Waals surface area contributed by atoms with Crippen LogP contribution in [0.4, 0.5) is 5.69 Å². The molecular weight excluding hydrogens is 469 g/mol. The van der Waals surface area contributed by atoms with Crippen LogP contribution >= 0.6 is 23.2 Å². The number of halogens is 2. The first-order chi connectivity index (χ1) is 15.1. The van der Waals surface area contributed by atoms with Crippen molar-refractivity contribution in [2.24, 2.45) is 5.10 Å². The number of carbonyl (C=O) groups is 1. The highest BCUT2D eigenvalue weighted by molar-refractivity contribution is 7.92. The Morgan fingerprint density at radius 3 is 1.91 bits per heavy atom. The van der Waals surface area contributed by atoms with Gasteiger partial charge in [-0.2, -0.15) is 5.10 Å². The first-order valence-corrected chi connectivity index (χ1v) is 12.2. The topological polar surface area (TPSA) is 78.8 Å². The minimum atomic E-state index is -3.55. The quantitative estimate of drug-likeness (QED) is 0.369. The molecule has 0 aliphatic heterocycles. The Labute approximate surface area is 197 Å². The molecule has 3 aromatic rings. The number of hydrazone groups is 1. The summed E-state index contributed by atoms with van der Waals surface area (Å²) in [7, 11) is -3.55. The van der Waals surface area contributed by atoms with Gasteiger partial charge in [-0.1, -0.05) is 47.5 Å². The monoisotopic (exact) mass is 489 g/mol. The van der Waals surface area contributed by atoms with Gasteiger partial charge in [0.2, 0.25) is 10.0 Å². The lowest BCUT2D eigenvalue weighted by molar-refractivity contribution is 0.0955. The molecule has 3 rings (SSSR count). The molecule has 3 aromatic carbocycles. The van der Waals surface area contributed by atoms with E-state index in [1.165, 1.54) is 4.31 Å². The van der Waals surface area contributed by atoms with Gasteiger partial charge in [0.1, 0.15) is 0 Å². The first kappa shape index (κ1) is 23.8. The van der Waals surface area contributed by atoms with Crippen LogP contribution in [-0.2, 0) is 16.6 Å². The van der Waals surface area contributed by atoms with Crippen LogP contribution in [0.1, 0.15) is 28.4 Å². The van der Waals surface area contributed by atoms with E-state index in [1.807, 2.05) is 12.1 Å². The number of anilines is 1. The number of amides is 1. The number of hydrogen-bond acceptors (Lipinski definition) is 4. The summed E-state index contributed by atoms with van der Waals surface area (Å²) in [6, 6.07) is 20.3. The Kier molecular flexibility index (Phi) is 7.56. The average Bonchev–Trinajstić information content (AvgIpc) is 2.76. The lowest BCUT2D eigenvalue weighted by Crippen LogP contribution is -2.29. The Bertz CT molecular complexity index is 1220. The van der Waals surface area contributed by atoms with E-state index in [9.17, 15) is 13.2 Å². The third-order valence-corrected chi connectivity index (χ3v) is 6.29. The van der Waals surface area contributed by atoms with E-state index in [-0.39, 0.29) is 6.54 Å². The fourth-order valence-electron chi connectivity index (χ4n) is 2.89. The molecule has 0 saturated heterocycles. The van der Waals surface area contributed by atoms with Crippen molar-refractivity contribution < 1.29 is 13.2 Å².